The van der Waals surface area contributed by atoms with E-state index in [0.717, 1.165) is 18.4 Å². The van der Waals surface area contributed by atoms with Crippen molar-refractivity contribution >= 4 is 23.2 Å². The number of carbonyl (C=O) groups is 2. The summed E-state index contributed by atoms with van der Waals surface area (Å²) in [5, 5.41) is 5.72. The lowest BCUT2D eigenvalue weighted by Gasteiger charge is -2.22. The largest absolute Gasteiger partial charge is 0.495 e. The van der Waals surface area contributed by atoms with Gasteiger partial charge in [-0.25, -0.2) is 4.39 Å². The van der Waals surface area contributed by atoms with Gasteiger partial charge in [0.15, 0.2) is 0 Å². The molecule has 0 aliphatic heterocycles. The van der Waals surface area contributed by atoms with Crippen LogP contribution in [0.2, 0.25) is 0 Å². The molecular weight excluding hydrogens is 433 g/mol. The van der Waals surface area contributed by atoms with Crippen molar-refractivity contribution in [3.63, 3.8) is 0 Å². The molecule has 176 valence electrons. The molecule has 0 heterocycles. The molecule has 0 atom stereocenters. The number of nitrogens with zero attached hydrogens (tertiary/aromatic N) is 1. The van der Waals surface area contributed by atoms with Crippen molar-refractivity contribution in [3.8, 4) is 5.75 Å². The third-order valence-corrected chi connectivity index (χ3v) is 5.75. The summed E-state index contributed by atoms with van der Waals surface area (Å²) in [6, 6.07) is 21.0. The Hall–Kier alpha value is -3.71. The van der Waals surface area contributed by atoms with Gasteiger partial charge in [-0.15, -0.1) is 0 Å². The number of rotatable bonds is 10. The molecule has 0 bridgehead atoms. The minimum atomic E-state index is -0.264. The molecule has 2 N–H and O–H groups in total. The van der Waals surface area contributed by atoms with E-state index in [1.54, 1.807) is 55.6 Å². The number of halogens is 1. The second-order valence-electron chi connectivity index (χ2n) is 8.36. The fourth-order valence-corrected chi connectivity index (χ4v) is 3.82. The van der Waals surface area contributed by atoms with Crippen LogP contribution in [0.5, 0.6) is 5.75 Å². The molecule has 0 unspecified atom stereocenters. The average molecular weight is 462 g/mol. The normalized spacial score (nSPS) is 12.9. The van der Waals surface area contributed by atoms with Crippen molar-refractivity contribution in [2.24, 2.45) is 0 Å². The van der Waals surface area contributed by atoms with E-state index < -0.39 is 0 Å². The van der Waals surface area contributed by atoms with Gasteiger partial charge < -0.3 is 15.4 Å². The van der Waals surface area contributed by atoms with E-state index in [0.29, 0.717) is 48.2 Å². The van der Waals surface area contributed by atoms with Crippen molar-refractivity contribution in [1.82, 2.24) is 4.90 Å². The lowest BCUT2D eigenvalue weighted by atomic mass is 10.1. The topological polar surface area (TPSA) is 70.7 Å². The molecule has 0 aromatic heterocycles. The number of methoxy groups -OCH3 is 1. The van der Waals surface area contributed by atoms with Crippen LogP contribution in [-0.4, -0.2) is 36.4 Å². The van der Waals surface area contributed by atoms with Crippen molar-refractivity contribution in [2.45, 2.75) is 31.8 Å². The third kappa shape index (κ3) is 6.42. The summed E-state index contributed by atoms with van der Waals surface area (Å²) in [7, 11) is 1.55. The molecule has 1 aliphatic carbocycles. The maximum absolute atomic E-state index is 13.5. The van der Waals surface area contributed by atoms with Gasteiger partial charge in [-0.3, -0.25) is 14.5 Å². The van der Waals surface area contributed by atoms with E-state index in [1.807, 2.05) is 18.2 Å². The Morgan fingerprint density at radius 2 is 1.76 bits per heavy atom. The number of para-hydroxylation sites is 2. The van der Waals surface area contributed by atoms with Crippen LogP contribution in [0.4, 0.5) is 15.8 Å². The summed E-state index contributed by atoms with van der Waals surface area (Å²) in [5.74, 6) is -0.0284. The van der Waals surface area contributed by atoms with E-state index in [1.165, 1.54) is 6.07 Å². The number of hydrogen-bond acceptors (Lipinski definition) is 4. The standard InChI is InChI=1S/C27H28FN3O3/c1-34-25-8-3-2-7-24(25)30-27(33)20-9-11-22(12-10-20)29-26(32)15-16-31(23-13-14-23)18-19-5-4-6-21(28)17-19/h2-12,17,23H,13-16,18H2,1H3,(H,29,32)(H,30,33). The maximum atomic E-state index is 13.5. The van der Waals surface area contributed by atoms with Crippen LogP contribution in [0.3, 0.4) is 0 Å². The minimum absolute atomic E-state index is 0.101. The first-order chi connectivity index (χ1) is 16.5. The highest BCUT2D eigenvalue weighted by atomic mass is 19.1. The molecule has 1 aliphatic rings. The van der Waals surface area contributed by atoms with Crippen LogP contribution >= 0.6 is 0 Å². The fourth-order valence-electron chi connectivity index (χ4n) is 3.82. The quantitative estimate of drug-likeness (QED) is 0.442. The average Bonchev–Trinajstić information content (AvgIpc) is 3.68. The Morgan fingerprint density at radius 1 is 1.00 bits per heavy atom. The SMILES string of the molecule is COc1ccccc1NC(=O)c1ccc(NC(=O)CCN(Cc2cccc(F)c2)C2CC2)cc1. The molecule has 1 fully saturated rings. The van der Waals surface area contributed by atoms with Crippen LogP contribution < -0.4 is 15.4 Å². The van der Waals surface area contributed by atoms with Gasteiger partial charge in [-0.2, -0.15) is 0 Å². The molecule has 34 heavy (non-hydrogen) atoms. The van der Waals surface area contributed by atoms with Crippen LogP contribution in [-0.2, 0) is 11.3 Å². The zero-order chi connectivity index (χ0) is 23.9. The first-order valence-corrected chi connectivity index (χ1v) is 11.3. The maximum Gasteiger partial charge on any atom is 0.255 e. The highest BCUT2D eigenvalue weighted by Gasteiger charge is 2.29. The van der Waals surface area contributed by atoms with Crippen molar-refractivity contribution < 1.29 is 18.7 Å². The molecule has 2 amide bonds. The predicted molar refractivity (Wildman–Crippen MR) is 130 cm³/mol. The van der Waals surface area contributed by atoms with E-state index in [-0.39, 0.29) is 17.6 Å². The lowest BCUT2D eigenvalue weighted by molar-refractivity contribution is -0.116. The zero-order valence-electron chi connectivity index (χ0n) is 19.1. The highest BCUT2D eigenvalue weighted by molar-refractivity contribution is 6.05. The summed E-state index contributed by atoms with van der Waals surface area (Å²) >= 11 is 0. The minimum Gasteiger partial charge on any atom is -0.495 e. The van der Waals surface area contributed by atoms with Crippen LogP contribution in [0.15, 0.2) is 72.8 Å². The first-order valence-electron chi connectivity index (χ1n) is 11.3. The van der Waals surface area contributed by atoms with E-state index >= 15 is 0 Å². The second kappa shape index (κ2) is 10.9. The number of hydrogen-bond donors (Lipinski definition) is 2. The molecule has 1 saturated carbocycles. The third-order valence-electron chi connectivity index (χ3n) is 5.75. The predicted octanol–water partition coefficient (Wildman–Crippen LogP) is 5.08. The smallest absolute Gasteiger partial charge is 0.255 e. The van der Waals surface area contributed by atoms with Gasteiger partial charge >= 0.3 is 0 Å². The molecule has 3 aromatic carbocycles. The van der Waals surface area contributed by atoms with Crippen molar-refractivity contribution in [2.75, 3.05) is 24.3 Å². The van der Waals surface area contributed by atoms with E-state index in [9.17, 15) is 14.0 Å². The summed E-state index contributed by atoms with van der Waals surface area (Å²) in [6.07, 6.45) is 2.55. The molecular formula is C27H28FN3O3. The Morgan fingerprint density at radius 3 is 2.47 bits per heavy atom. The number of anilines is 2. The molecule has 7 heteroatoms. The van der Waals surface area contributed by atoms with Gasteiger partial charge in [0.05, 0.1) is 12.8 Å². The van der Waals surface area contributed by atoms with E-state index in [4.69, 9.17) is 4.74 Å². The second-order valence-corrected chi connectivity index (χ2v) is 8.36. The monoisotopic (exact) mass is 461 g/mol. The van der Waals surface area contributed by atoms with Crippen LogP contribution in [0.25, 0.3) is 0 Å². The number of nitrogens with one attached hydrogen (secondary N) is 2. The number of carbonyl (C=O) groups excluding carboxylic acids is 2. The molecule has 0 radical (unpaired) electrons. The van der Waals surface area contributed by atoms with Crippen LogP contribution in [0.1, 0.15) is 35.2 Å². The molecule has 6 nitrogen and oxygen atoms in total. The first kappa shape index (κ1) is 23.4. The van der Waals surface area contributed by atoms with Crippen molar-refractivity contribution in [3.05, 3.63) is 89.7 Å². The van der Waals surface area contributed by atoms with Gasteiger partial charge in [0.2, 0.25) is 5.91 Å². The van der Waals surface area contributed by atoms with Gasteiger partial charge in [0.1, 0.15) is 11.6 Å². The summed E-state index contributed by atoms with van der Waals surface area (Å²) in [4.78, 5) is 27.3. The van der Waals surface area contributed by atoms with Gasteiger partial charge in [0, 0.05) is 36.8 Å². The molecule has 4 rings (SSSR count). The Balaban J connectivity index is 1.28. The Bertz CT molecular complexity index is 1150. The van der Waals surface area contributed by atoms with E-state index in [2.05, 4.69) is 15.5 Å². The molecule has 3 aromatic rings. The Labute approximate surface area is 198 Å². The lowest BCUT2D eigenvalue weighted by Crippen LogP contribution is -2.29. The Kier molecular flexibility index (Phi) is 7.54. The van der Waals surface area contributed by atoms with Gasteiger partial charge in [-0.05, 0) is 66.9 Å². The molecule has 0 saturated heterocycles. The number of ether oxygens (including phenoxy) is 1. The fraction of sp³-hybridized carbons (Fsp3) is 0.259. The van der Waals surface area contributed by atoms with Gasteiger partial charge in [0.25, 0.3) is 5.91 Å². The molecule has 0 spiro atoms. The highest BCUT2D eigenvalue weighted by Crippen LogP contribution is 2.28. The summed E-state index contributed by atoms with van der Waals surface area (Å²) in [5.41, 5.74) is 2.60. The number of benzene rings is 3. The summed E-state index contributed by atoms with van der Waals surface area (Å²) in [6.45, 7) is 1.23. The summed E-state index contributed by atoms with van der Waals surface area (Å²) < 4.78 is 18.8. The van der Waals surface area contributed by atoms with Crippen molar-refractivity contribution in [1.29, 1.82) is 0 Å². The number of amides is 2. The zero-order valence-corrected chi connectivity index (χ0v) is 19.1. The van der Waals surface area contributed by atoms with Gasteiger partial charge in [-0.1, -0.05) is 24.3 Å². The van der Waals surface area contributed by atoms with Crippen LogP contribution in [0, 0.1) is 5.82 Å².